The molecular weight excluding hydrogens is 178 g/mol. The average Bonchev–Trinajstić information content (AvgIpc) is 2.18. The highest BCUT2D eigenvalue weighted by Crippen LogP contribution is 2.16. The Morgan fingerprint density at radius 1 is 1.43 bits per heavy atom. The summed E-state index contributed by atoms with van der Waals surface area (Å²) < 4.78 is 4.89. The lowest BCUT2D eigenvalue weighted by Gasteiger charge is -2.03. The first-order valence-electron chi connectivity index (χ1n) is 4.54. The summed E-state index contributed by atoms with van der Waals surface area (Å²) in [7, 11) is 1.64. The first kappa shape index (κ1) is 10.7. The maximum atomic E-state index is 9.53. The predicted octanol–water partition coefficient (Wildman–Crippen LogP) is 1.85. The molecule has 0 amide bonds. The van der Waals surface area contributed by atoms with Crippen LogP contribution >= 0.6 is 0 Å². The van der Waals surface area contributed by atoms with E-state index in [1.54, 1.807) is 19.2 Å². The minimum Gasteiger partial charge on any atom is -0.507 e. The van der Waals surface area contributed by atoms with Crippen molar-refractivity contribution in [1.82, 2.24) is 0 Å². The van der Waals surface area contributed by atoms with Gasteiger partial charge in [0.1, 0.15) is 5.75 Å². The largest absolute Gasteiger partial charge is 0.507 e. The third kappa shape index (κ3) is 2.85. The van der Waals surface area contributed by atoms with Crippen LogP contribution in [0.4, 0.5) is 0 Å². The molecule has 0 aliphatic rings. The molecule has 0 fully saturated rings. The summed E-state index contributed by atoms with van der Waals surface area (Å²) >= 11 is 0. The minimum atomic E-state index is 0.270. The highest BCUT2D eigenvalue weighted by Gasteiger charge is 2.01. The van der Waals surface area contributed by atoms with Crippen LogP contribution in [0.2, 0.25) is 0 Å². The van der Waals surface area contributed by atoms with E-state index in [0.29, 0.717) is 13.2 Å². The van der Waals surface area contributed by atoms with E-state index < -0.39 is 0 Å². The van der Waals surface area contributed by atoms with Gasteiger partial charge in [-0.25, -0.2) is 0 Å². The molecule has 0 atom stereocenters. The van der Waals surface area contributed by atoms with Crippen molar-refractivity contribution in [3.8, 4) is 5.75 Å². The molecule has 0 heterocycles. The molecule has 3 nitrogen and oxygen atoms in total. The monoisotopic (exact) mass is 193 g/mol. The zero-order valence-electron chi connectivity index (χ0n) is 8.53. The molecule has 0 saturated carbocycles. The summed E-state index contributed by atoms with van der Waals surface area (Å²) in [5.41, 5.74) is 1.61. The van der Waals surface area contributed by atoms with E-state index in [2.05, 4.69) is 4.99 Å². The number of nitrogens with zero attached hydrogens (tertiary/aromatic N) is 1. The molecule has 0 spiro atoms. The second-order valence-corrected chi connectivity index (χ2v) is 2.98. The maximum Gasteiger partial charge on any atom is 0.124 e. The topological polar surface area (TPSA) is 41.8 Å². The number of phenols is 1. The molecule has 0 aliphatic heterocycles. The van der Waals surface area contributed by atoms with Crippen molar-refractivity contribution >= 4 is 5.71 Å². The van der Waals surface area contributed by atoms with Crippen molar-refractivity contribution in [3.63, 3.8) is 0 Å². The molecule has 3 heteroatoms. The van der Waals surface area contributed by atoms with Gasteiger partial charge in [0, 0.05) is 18.4 Å². The molecule has 1 N–H and O–H groups in total. The fourth-order valence-electron chi connectivity index (χ4n) is 1.17. The van der Waals surface area contributed by atoms with Crippen molar-refractivity contribution in [3.05, 3.63) is 29.8 Å². The van der Waals surface area contributed by atoms with Crippen LogP contribution in [-0.2, 0) is 4.74 Å². The Morgan fingerprint density at radius 2 is 2.14 bits per heavy atom. The summed E-state index contributed by atoms with van der Waals surface area (Å²) in [4.78, 5) is 4.28. The Balaban J connectivity index is 2.73. The highest BCUT2D eigenvalue weighted by molar-refractivity contribution is 6.00. The van der Waals surface area contributed by atoms with E-state index in [1.807, 2.05) is 19.1 Å². The Hall–Kier alpha value is -1.35. The van der Waals surface area contributed by atoms with Gasteiger partial charge in [-0.05, 0) is 19.1 Å². The number of benzene rings is 1. The quantitative estimate of drug-likeness (QED) is 0.585. The molecule has 0 unspecified atom stereocenters. The molecule has 0 radical (unpaired) electrons. The molecule has 76 valence electrons. The number of ether oxygens (including phenoxy) is 1. The lowest BCUT2D eigenvalue weighted by molar-refractivity contribution is 0.208. The van der Waals surface area contributed by atoms with E-state index in [-0.39, 0.29) is 5.75 Å². The van der Waals surface area contributed by atoms with Gasteiger partial charge in [0.25, 0.3) is 0 Å². The Bertz CT molecular complexity index is 321. The van der Waals surface area contributed by atoms with Crippen LogP contribution in [0.25, 0.3) is 0 Å². The summed E-state index contributed by atoms with van der Waals surface area (Å²) in [6.45, 7) is 3.10. The fraction of sp³-hybridized carbons (Fsp3) is 0.364. The standard InChI is InChI=1S/C11H15NO2/c1-9(12-7-8-14-2)10-5-3-4-6-11(10)13/h3-6,13H,7-8H2,1-2H3/b12-9-. The normalized spacial score (nSPS) is 11.7. The molecule has 0 aliphatic carbocycles. The second kappa shape index (κ2) is 5.40. The van der Waals surface area contributed by atoms with Gasteiger partial charge in [0.05, 0.1) is 13.2 Å². The zero-order chi connectivity index (χ0) is 10.4. The van der Waals surface area contributed by atoms with Crippen LogP contribution in [0.3, 0.4) is 0 Å². The van der Waals surface area contributed by atoms with Crippen molar-refractivity contribution < 1.29 is 9.84 Å². The van der Waals surface area contributed by atoms with Crippen LogP contribution in [0.1, 0.15) is 12.5 Å². The summed E-state index contributed by atoms with van der Waals surface area (Å²) in [6, 6.07) is 7.18. The van der Waals surface area contributed by atoms with Gasteiger partial charge in [-0.1, -0.05) is 12.1 Å². The smallest absolute Gasteiger partial charge is 0.124 e. The molecule has 0 bridgehead atoms. The predicted molar refractivity (Wildman–Crippen MR) is 57.1 cm³/mol. The van der Waals surface area contributed by atoms with Gasteiger partial charge >= 0.3 is 0 Å². The van der Waals surface area contributed by atoms with E-state index in [9.17, 15) is 5.11 Å². The minimum absolute atomic E-state index is 0.270. The van der Waals surface area contributed by atoms with Crippen LogP contribution in [0.5, 0.6) is 5.75 Å². The van der Waals surface area contributed by atoms with E-state index in [0.717, 1.165) is 11.3 Å². The van der Waals surface area contributed by atoms with Gasteiger partial charge < -0.3 is 9.84 Å². The van der Waals surface area contributed by atoms with Crippen LogP contribution in [0, 0.1) is 0 Å². The molecule has 14 heavy (non-hydrogen) atoms. The summed E-state index contributed by atoms with van der Waals surface area (Å²) in [5.74, 6) is 0.270. The highest BCUT2D eigenvalue weighted by atomic mass is 16.5. The van der Waals surface area contributed by atoms with E-state index >= 15 is 0 Å². The first-order valence-corrected chi connectivity index (χ1v) is 4.54. The molecular formula is C11H15NO2. The lowest BCUT2D eigenvalue weighted by atomic mass is 10.1. The van der Waals surface area contributed by atoms with Crippen molar-refractivity contribution in [2.24, 2.45) is 4.99 Å². The molecule has 0 aromatic heterocycles. The number of methoxy groups -OCH3 is 1. The number of aromatic hydroxyl groups is 1. The Kier molecular flexibility index (Phi) is 4.13. The van der Waals surface area contributed by atoms with Gasteiger partial charge in [-0.15, -0.1) is 0 Å². The van der Waals surface area contributed by atoms with Crippen LogP contribution < -0.4 is 0 Å². The van der Waals surface area contributed by atoms with Gasteiger partial charge in [-0.2, -0.15) is 0 Å². The molecule has 1 aromatic rings. The second-order valence-electron chi connectivity index (χ2n) is 2.98. The summed E-state index contributed by atoms with van der Waals surface area (Å²) in [6.07, 6.45) is 0. The molecule has 0 saturated heterocycles. The lowest BCUT2D eigenvalue weighted by Crippen LogP contribution is -2.00. The van der Waals surface area contributed by atoms with E-state index in [4.69, 9.17) is 4.74 Å². The van der Waals surface area contributed by atoms with Gasteiger partial charge in [0.15, 0.2) is 0 Å². The number of hydrogen-bond donors (Lipinski definition) is 1. The van der Waals surface area contributed by atoms with Crippen LogP contribution in [-0.4, -0.2) is 31.1 Å². The zero-order valence-corrected chi connectivity index (χ0v) is 8.53. The van der Waals surface area contributed by atoms with Crippen molar-refractivity contribution in [1.29, 1.82) is 0 Å². The maximum absolute atomic E-state index is 9.53. The Morgan fingerprint density at radius 3 is 2.79 bits per heavy atom. The Labute approximate surface area is 84.1 Å². The van der Waals surface area contributed by atoms with Crippen LogP contribution in [0.15, 0.2) is 29.3 Å². The number of hydrogen-bond acceptors (Lipinski definition) is 3. The van der Waals surface area contributed by atoms with Crippen molar-refractivity contribution in [2.75, 3.05) is 20.3 Å². The average molecular weight is 193 g/mol. The van der Waals surface area contributed by atoms with Gasteiger partial charge in [0.2, 0.25) is 0 Å². The van der Waals surface area contributed by atoms with E-state index in [1.165, 1.54) is 0 Å². The summed E-state index contributed by atoms with van der Waals surface area (Å²) in [5, 5.41) is 9.53. The number of rotatable bonds is 4. The SMILES string of the molecule is COCC/N=C(/C)c1ccccc1O. The number of phenolic OH excluding ortho intramolecular Hbond substituents is 1. The molecule has 1 aromatic carbocycles. The molecule has 1 rings (SSSR count). The first-order chi connectivity index (χ1) is 6.75. The number of aliphatic imine (C=N–C) groups is 1. The number of para-hydroxylation sites is 1. The third-order valence-corrected chi connectivity index (χ3v) is 1.94. The van der Waals surface area contributed by atoms with Gasteiger partial charge in [-0.3, -0.25) is 4.99 Å². The van der Waals surface area contributed by atoms with Crippen molar-refractivity contribution in [2.45, 2.75) is 6.92 Å². The fourth-order valence-corrected chi connectivity index (χ4v) is 1.17. The third-order valence-electron chi connectivity index (χ3n) is 1.94.